The van der Waals surface area contributed by atoms with Crippen molar-refractivity contribution < 1.29 is 32.3 Å². The summed E-state index contributed by atoms with van der Waals surface area (Å²) >= 11 is 2.60. The molecule has 348 valence electrons. The minimum absolute atomic E-state index is 0.00469. The number of amides is 2. The van der Waals surface area contributed by atoms with E-state index in [0.29, 0.717) is 78.3 Å². The van der Waals surface area contributed by atoms with Gasteiger partial charge in [0.1, 0.15) is 28.1 Å². The van der Waals surface area contributed by atoms with Crippen molar-refractivity contribution in [1.82, 2.24) is 29.3 Å². The van der Waals surface area contributed by atoms with Gasteiger partial charge in [0.2, 0.25) is 15.9 Å². The molecule has 8 heterocycles. The number of likely N-dealkylation sites (N-methyl/N-ethyl adjacent to an activating group) is 2. The third kappa shape index (κ3) is 7.91. The molecule has 0 spiro atoms. The number of nitrogens with zero attached hydrogens (tertiary/aromatic N) is 8. The van der Waals surface area contributed by atoms with Gasteiger partial charge < -0.3 is 48.2 Å². The second-order valence-electron chi connectivity index (χ2n) is 17.5. The first-order valence-corrected chi connectivity index (χ1v) is 23.9. The smallest absolute Gasteiger partial charge is 0.327 e. The van der Waals surface area contributed by atoms with Crippen LogP contribution in [0, 0.1) is 17.6 Å². The molecule has 67 heavy (non-hydrogen) atoms. The van der Waals surface area contributed by atoms with Gasteiger partial charge in [-0.1, -0.05) is 5.10 Å². The number of anilines is 4. The molecule has 1 saturated carbocycles. The SMILES string of the molecule is COc1c(N2CC3CCCN(C)C3C2)c(F)cc2c(=O)c(-c3nnc(NC(=O)Nc4cn(Oc5cccs5)c5c(Oc6cccs6)c(N6CCN(C)CC6)c(F)cc5c4=O)o3)cn(C3CC3)c12. The van der Waals surface area contributed by atoms with Crippen LogP contribution in [0.4, 0.5) is 36.7 Å². The molecular weight excluding hydrogens is 907 g/mol. The minimum atomic E-state index is -0.958. The molecule has 2 unspecified atom stereocenters. The number of urea groups is 1. The van der Waals surface area contributed by atoms with Crippen molar-refractivity contribution >= 4 is 73.6 Å². The summed E-state index contributed by atoms with van der Waals surface area (Å²) in [4.78, 5) is 56.9. The predicted octanol–water partition coefficient (Wildman–Crippen LogP) is 7.67. The first kappa shape index (κ1) is 43.0. The molecule has 11 rings (SSSR count). The van der Waals surface area contributed by atoms with E-state index in [1.54, 1.807) is 30.5 Å². The zero-order chi connectivity index (χ0) is 46.1. The lowest BCUT2D eigenvalue weighted by Crippen LogP contribution is -2.45. The third-order valence-corrected chi connectivity index (χ3v) is 14.7. The number of piperazine rings is 1. The van der Waals surface area contributed by atoms with Gasteiger partial charge in [0.25, 0.3) is 5.89 Å². The summed E-state index contributed by atoms with van der Waals surface area (Å²) in [6.45, 7) is 4.73. The second-order valence-corrected chi connectivity index (χ2v) is 19.3. The Morgan fingerprint density at radius 3 is 2.22 bits per heavy atom. The normalized spacial score (nSPS) is 19.0. The lowest BCUT2D eigenvalue weighted by molar-refractivity contribution is 0.158. The number of rotatable bonds is 11. The van der Waals surface area contributed by atoms with Crippen LogP contribution in [0.2, 0.25) is 0 Å². The maximum absolute atomic E-state index is 16.5. The number of benzene rings is 2. The number of carbonyl (C=O) groups is 1. The number of aromatic nitrogens is 4. The Bertz CT molecular complexity index is 3150. The lowest BCUT2D eigenvalue weighted by Gasteiger charge is -2.35. The lowest BCUT2D eigenvalue weighted by atomic mass is 9.93. The summed E-state index contributed by atoms with van der Waals surface area (Å²) in [6.07, 6.45) is 6.75. The molecule has 4 fully saturated rings. The molecule has 2 N–H and O–H groups in total. The molecule has 2 aromatic carbocycles. The number of hydrogen-bond donors (Lipinski definition) is 2. The number of halogens is 2. The van der Waals surface area contributed by atoms with Gasteiger partial charge in [0.05, 0.1) is 29.6 Å². The van der Waals surface area contributed by atoms with Gasteiger partial charge in [0.15, 0.2) is 28.2 Å². The van der Waals surface area contributed by atoms with Gasteiger partial charge in [-0.3, -0.25) is 14.9 Å². The van der Waals surface area contributed by atoms with Crippen molar-refractivity contribution in [1.29, 1.82) is 0 Å². The summed E-state index contributed by atoms with van der Waals surface area (Å²) in [5, 5.41) is 17.6. The van der Waals surface area contributed by atoms with Crippen molar-refractivity contribution in [2.45, 2.75) is 37.8 Å². The molecule has 3 aliphatic heterocycles. The molecule has 2 atom stereocenters. The molecule has 2 amide bonds. The number of ether oxygens (including phenoxy) is 2. The summed E-state index contributed by atoms with van der Waals surface area (Å²) in [7, 11) is 5.60. The molecule has 1 aliphatic carbocycles. The van der Waals surface area contributed by atoms with Crippen LogP contribution >= 0.6 is 22.7 Å². The predicted molar refractivity (Wildman–Crippen MR) is 253 cm³/mol. The molecule has 3 saturated heterocycles. The number of fused-ring (bicyclic) bond motifs is 3. The monoisotopic (exact) mass is 952 g/mol. The Kier molecular flexibility index (Phi) is 11.1. The van der Waals surface area contributed by atoms with Crippen molar-refractivity contribution in [3.63, 3.8) is 0 Å². The topological polar surface area (TPSA) is 165 Å². The van der Waals surface area contributed by atoms with Gasteiger partial charge in [-0.25, -0.2) is 13.6 Å². The van der Waals surface area contributed by atoms with Crippen LogP contribution in [0.3, 0.4) is 0 Å². The fraction of sp³-hybridized carbons (Fsp3) is 0.370. The average molecular weight is 953 g/mol. The van der Waals surface area contributed by atoms with E-state index >= 15 is 8.78 Å². The van der Waals surface area contributed by atoms with E-state index in [2.05, 4.69) is 37.7 Å². The molecule has 4 aliphatic rings. The van der Waals surface area contributed by atoms with Gasteiger partial charge in [-0.15, -0.1) is 27.8 Å². The van der Waals surface area contributed by atoms with Crippen molar-refractivity contribution in [3.05, 3.63) is 91.6 Å². The Labute approximate surface area is 389 Å². The van der Waals surface area contributed by atoms with E-state index < -0.39 is 34.5 Å². The Morgan fingerprint density at radius 1 is 0.821 bits per heavy atom. The highest BCUT2D eigenvalue weighted by Crippen LogP contribution is 2.47. The fourth-order valence-electron chi connectivity index (χ4n) is 9.75. The molecule has 21 heteroatoms. The maximum Gasteiger partial charge on any atom is 0.327 e. The van der Waals surface area contributed by atoms with E-state index in [-0.39, 0.29) is 50.9 Å². The number of pyridine rings is 2. The van der Waals surface area contributed by atoms with Gasteiger partial charge in [-0.2, -0.15) is 4.73 Å². The van der Waals surface area contributed by atoms with Gasteiger partial charge in [0, 0.05) is 57.5 Å². The summed E-state index contributed by atoms with van der Waals surface area (Å²) < 4.78 is 54.3. The number of methoxy groups -OCH3 is 1. The largest absolute Gasteiger partial charge is 0.492 e. The molecule has 17 nitrogen and oxygen atoms in total. The zero-order valence-corrected chi connectivity index (χ0v) is 38.4. The minimum Gasteiger partial charge on any atom is -0.492 e. The van der Waals surface area contributed by atoms with Crippen LogP contribution in [-0.2, 0) is 0 Å². The summed E-state index contributed by atoms with van der Waals surface area (Å²) in [6, 6.07) is 8.43. The molecule has 7 aromatic rings. The second kappa shape index (κ2) is 17.3. The number of likely N-dealkylation sites (tertiary alicyclic amines) is 1. The van der Waals surface area contributed by atoms with Crippen LogP contribution in [0.1, 0.15) is 31.7 Å². The number of carbonyl (C=O) groups excluding carboxylic acids is 1. The van der Waals surface area contributed by atoms with E-state index in [9.17, 15) is 14.4 Å². The van der Waals surface area contributed by atoms with Crippen LogP contribution in [0.5, 0.6) is 21.6 Å². The quantitative estimate of drug-likeness (QED) is 0.130. The molecule has 5 aromatic heterocycles. The Balaban J connectivity index is 0.917. The summed E-state index contributed by atoms with van der Waals surface area (Å²) in [5.41, 5.74) is -0.383. The van der Waals surface area contributed by atoms with Crippen LogP contribution in [-0.4, -0.2) is 108 Å². The molecular formula is C46H46F2N10O7S2. The first-order valence-electron chi connectivity index (χ1n) is 22.1. The highest BCUT2D eigenvalue weighted by Gasteiger charge is 2.40. The number of hydrogen-bond acceptors (Lipinski definition) is 15. The maximum atomic E-state index is 16.5. The Morgan fingerprint density at radius 2 is 1.54 bits per heavy atom. The third-order valence-electron chi connectivity index (χ3n) is 13.2. The number of nitrogens with one attached hydrogen (secondary N) is 2. The van der Waals surface area contributed by atoms with E-state index in [1.807, 2.05) is 32.2 Å². The average Bonchev–Trinajstić information content (AvgIpc) is 3.75. The Hall–Kier alpha value is -6.55. The van der Waals surface area contributed by atoms with Gasteiger partial charge in [-0.05, 0) is 99.4 Å². The van der Waals surface area contributed by atoms with E-state index in [4.69, 9.17) is 18.7 Å². The fourth-order valence-corrected chi connectivity index (χ4v) is 10.9. The van der Waals surface area contributed by atoms with Crippen LogP contribution in [0.25, 0.3) is 33.3 Å². The highest BCUT2D eigenvalue weighted by atomic mass is 32.1. The summed E-state index contributed by atoms with van der Waals surface area (Å²) in [5.74, 6) is -0.677. The van der Waals surface area contributed by atoms with Crippen molar-refractivity contribution in [2.24, 2.45) is 5.92 Å². The number of piperidine rings is 1. The standard InChI is InChI=1S/C46H46F2N10O7S2/c1-53-13-15-55(16-14-53)39-31(48)20-28-37(43(39)63-34-8-5-17-66-34)58(65-35-9-6-18-67-35)23-32(41(28)60)49-45(61)50-46-52-51-44(64-46)29-22-57(26-10-11-26)36-27(40(29)59)19-30(47)38(42(36)62-3)56-21-25-7-4-12-54(2)33(25)24-56/h5-6,8-9,17-20,22-23,25-26,33H,4,7,10-16,21,24H2,1-3H3,(H2,49,50,52,61). The van der Waals surface area contributed by atoms with E-state index in [1.165, 1.54) is 46.8 Å². The number of thiophene rings is 2. The van der Waals surface area contributed by atoms with Crippen LogP contribution < -0.4 is 45.6 Å². The van der Waals surface area contributed by atoms with Crippen LogP contribution in [0.15, 0.2) is 73.6 Å². The van der Waals surface area contributed by atoms with Crippen molar-refractivity contribution in [2.75, 3.05) is 87.5 Å². The van der Waals surface area contributed by atoms with Gasteiger partial charge >= 0.3 is 12.0 Å². The van der Waals surface area contributed by atoms with E-state index in [0.717, 1.165) is 38.3 Å². The highest BCUT2D eigenvalue weighted by molar-refractivity contribution is 7.12. The van der Waals surface area contributed by atoms with Crippen molar-refractivity contribution in [3.8, 4) is 33.1 Å². The molecule has 0 bridgehead atoms. The first-order chi connectivity index (χ1) is 32.5. The zero-order valence-electron chi connectivity index (χ0n) is 36.8. The molecule has 0 radical (unpaired) electrons.